The van der Waals surface area contributed by atoms with Crippen LogP contribution in [-0.4, -0.2) is 40.8 Å². The summed E-state index contributed by atoms with van der Waals surface area (Å²) in [6.07, 6.45) is 0. The van der Waals surface area contributed by atoms with Gasteiger partial charge in [0.25, 0.3) is 0 Å². The van der Waals surface area contributed by atoms with Crippen molar-refractivity contribution in [1.82, 2.24) is 4.90 Å². The number of nitrogens with zero attached hydrogens (tertiary/aromatic N) is 1. The Bertz CT molecular complexity index is 340. The molecule has 4 heteroatoms. The maximum Gasteiger partial charge on any atom is 0.186 e. The van der Waals surface area contributed by atoms with Gasteiger partial charge in [0.05, 0.1) is 11.4 Å². The second kappa shape index (κ2) is 5.34. The molecule has 2 atom stereocenters. The van der Waals surface area contributed by atoms with Gasteiger partial charge >= 0.3 is 0 Å². The number of Topliss-reactive ketones (excluding diaryl/α,β-unsaturated/α-hetero) is 1. The lowest BCUT2D eigenvalue weighted by molar-refractivity contribution is 0.0934. The van der Waals surface area contributed by atoms with E-state index in [-0.39, 0.29) is 5.78 Å². The predicted molar refractivity (Wildman–Crippen MR) is 71.6 cm³/mol. The fourth-order valence-corrected chi connectivity index (χ4v) is 4.18. The second-order valence-electron chi connectivity index (χ2n) is 4.35. The van der Waals surface area contributed by atoms with Crippen molar-refractivity contribution in [2.24, 2.45) is 0 Å². The van der Waals surface area contributed by atoms with Gasteiger partial charge < -0.3 is 0 Å². The van der Waals surface area contributed by atoms with Crippen LogP contribution in [0.15, 0.2) is 17.5 Å². The molecule has 1 aliphatic heterocycles. The summed E-state index contributed by atoms with van der Waals surface area (Å²) in [5.74, 6) is 0.265. The van der Waals surface area contributed by atoms with Crippen LogP contribution >= 0.6 is 23.1 Å². The molecule has 0 radical (unpaired) electrons. The average molecular weight is 255 g/mol. The Morgan fingerprint density at radius 1 is 1.44 bits per heavy atom. The molecule has 1 aromatic heterocycles. The minimum atomic E-state index is 0.265. The highest BCUT2D eigenvalue weighted by Crippen LogP contribution is 2.24. The largest absolute Gasteiger partial charge is 0.294 e. The monoisotopic (exact) mass is 255 g/mol. The van der Waals surface area contributed by atoms with Gasteiger partial charge in [-0.25, -0.2) is 0 Å². The lowest BCUT2D eigenvalue weighted by Crippen LogP contribution is -2.42. The van der Waals surface area contributed by atoms with Crippen LogP contribution in [0.5, 0.6) is 0 Å². The number of thioether (sulfide) groups is 1. The smallest absolute Gasteiger partial charge is 0.186 e. The Kier molecular flexibility index (Phi) is 4.05. The third-order valence-corrected chi connectivity index (χ3v) is 4.80. The number of carbonyl (C=O) groups excluding carboxylic acids is 1. The third kappa shape index (κ3) is 3.09. The Hall–Kier alpha value is -0.320. The van der Waals surface area contributed by atoms with Gasteiger partial charge in [0.1, 0.15) is 0 Å². The number of carbonyl (C=O) groups is 1. The van der Waals surface area contributed by atoms with Gasteiger partial charge in [-0.3, -0.25) is 9.69 Å². The van der Waals surface area contributed by atoms with Crippen molar-refractivity contribution in [2.45, 2.75) is 24.3 Å². The van der Waals surface area contributed by atoms with E-state index in [1.807, 2.05) is 29.3 Å². The van der Waals surface area contributed by atoms with Crippen LogP contribution in [0, 0.1) is 0 Å². The van der Waals surface area contributed by atoms with E-state index in [0.29, 0.717) is 17.0 Å². The molecule has 1 saturated heterocycles. The minimum Gasteiger partial charge on any atom is -0.294 e. The Balaban J connectivity index is 1.92. The summed E-state index contributed by atoms with van der Waals surface area (Å²) in [7, 11) is 0. The van der Waals surface area contributed by atoms with E-state index < -0.39 is 0 Å². The molecule has 0 aromatic carbocycles. The number of rotatable bonds is 3. The van der Waals surface area contributed by atoms with E-state index >= 15 is 0 Å². The van der Waals surface area contributed by atoms with Crippen molar-refractivity contribution >= 4 is 28.9 Å². The van der Waals surface area contributed by atoms with Crippen LogP contribution in [0.2, 0.25) is 0 Å². The van der Waals surface area contributed by atoms with Gasteiger partial charge in [-0.1, -0.05) is 19.9 Å². The summed E-state index contributed by atoms with van der Waals surface area (Å²) in [5, 5.41) is 3.24. The molecule has 0 amide bonds. The maximum atomic E-state index is 11.9. The number of thiophene rings is 1. The highest BCUT2D eigenvalue weighted by atomic mass is 32.2. The molecule has 0 bridgehead atoms. The van der Waals surface area contributed by atoms with Gasteiger partial charge in [-0.15, -0.1) is 11.3 Å². The number of hydrogen-bond acceptors (Lipinski definition) is 4. The SMILES string of the molecule is CC1CN(CC(=O)c2cccs2)CC(C)S1. The van der Waals surface area contributed by atoms with Gasteiger partial charge in [-0.2, -0.15) is 11.8 Å². The van der Waals surface area contributed by atoms with Crippen LogP contribution in [0.25, 0.3) is 0 Å². The summed E-state index contributed by atoms with van der Waals surface area (Å²) in [6.45, 7) is 7.12. The molecule has 0 spiro atoms. The maximum absolute atomic E-state index is 11.9. The fourth-order valence-electron chi connectivity index (χ4n) is 2.13. The zero-order chi connectivity index (χ0) is 11.5. The minimum absolute atomic E-state index is 0.265. The quantitative estimate of drug-likeness (QED) is 0.775. The summed E-state index contributed by atoms with van der Waals surface area (Å²) in [6, 6.07) is 3.85. The molecule has 1 fully saturated rings. The van der Waals surface area contributed by atoms with Gasteiger partial charge in [0, 0.05) is 23.6 Å². The van der Waals surface area contributed by atoms with Crippen molar-refractivity contribution in [3.8, 4) is 0 Å². The van der Waals surface area contributed by atoms with E-state index in [1.165, 1.54) is 11.3 Å². The van der Waals surface area contributed by atoms with Crippen LogP contribution in [-0.2, 0) is 0 Å². The molecule has 1 aliphatic rings. The highest BCUT2D eigenvalue weighted by molar-refractivity contribution is 8.00. The van der Waals surface area contributed by atoms with Crippen molar-refractivity contribution in [2.75, 3.05) is 19.6 Å². The normalized spacial score (nSPS) is 26.9. The lowest BCUT2D eigenvalue weighted by atomic mass is 10.2. The third-order valence-electron chi connectivity index (χ3n) is 2.66. The number of ketones is 1. The zero-order valence-electron chi connectivity index (χ0n) is 9.68. The second-order valence-corrected chi connectivity index (χ2v) is 7.18. The van der Waals surface area contributed by atoms with E-state index in [1.54, 1.807) is 0 Å². The first-order chi connectivity index (χ1) is 7.65. The Morgan fingerprint density at radius 3 is 2.69 bits per heavy atom. The zero-order valence-corrected chi connectivity index (χ0v) is 11.3. The first kappa shape index (κ1) is 12.1. The summed E-state index contributed by atoms with van der Waals surface area (Å²) < 4.78 is 0. The molecule has 0 N–H and O–H groups in total. The summed E-state index contributed by atoms with van der Waals surface area (Å²) in [4.78, 5) is 15.1. The molecule has 88 valence electrons. The Morgan fingerprint density at radius 2 is 2.12 bits per heavy atom. The van der Waals surface area contributed by atoms with Gasteiger partial charge in [-0.05, 0) is 11.4 Å². The Labute approximate surface area is 105 Å². The van der Waals surface area contributed by atoms with Crippen LogP contribution in [0.3, 0.4) is 0 Å². The molecule has 0 saturated carbocycles. The first-order valence-corrected chi connectivity index (χ1v) is 7.42. The van der Waals surface area contributed by atoms with Crippen molar-refractivity contribution in [3.05, 3.63) is 22.4 Å². The predicted octanol–water partition coefficient (Wildman–Crippen LogP) is 2.76. The summed E-state index contributed by atoms with van der Waals surface area (Å²) in [5.41, 5.74) is 0. The molecule has 2 unspecified atom stereocenters. The van der Waals surface area contributed by atoms with Gasteiger partial charge in [0.2, 0.25) is 0 Å². The standard InChI is InChI=1S/C12H17NOS2/c1-9-6-13(7-10(2)16-9)8-11(14)12-4-3-5-15-12/h3-5,9-10H,6-8H2,1-2H3. The average Bonchev–Trinajstić information content (AvgIpc) is 2.68. The van der Waals surface area contributed by atoms with Crippen LogP contribution in [0.4, 0.5) is 0 Å². The topological polar surface area (TPSA) is 20.3 Å². The molecule has 16 heavy (non-hydrogen) atoms. The summed E-state index contributed by atoms with van der Waals surface area (Å²) >= 11 is 3.56. The first-order valence-electron chi connectivity index (χ1n) is 5.59. The van der Waals surface area contributed by atoms with Crippen LogP contribution in [0.1, 0.15) is 23.5 Å². The van der Waals surface area contributed by atoms with E-state index in [0.717, 1.165) is 18.0 Å². The molecular weight excluding hydrogens is 238 g/mol. The lowest BCUT2D eigenvalue weighted by Gasteiger charge is -2.33. The molecule has 2 nitrogen and oxygen atoms in total. The van der Waals surface area contributed by atoms with E-state index in [9.17, 15) is 4.79 Å². The van der Waals surface area contributed by atoms with Crippen LogP contribution < -0.4 is 0 Å². The van der Waals surface area contributed by atoms with E-state index in [2.05, 4.69) is 18.7 Å². The fraction of sp³-hybridized carbons (Fsp3) is 0.583. The molecule has 1 aromatic rings. The van der Waals surface area contributed by atoms with Crippen molar-refractivity contribution in [1.29, 1.82) is 0 Å². The molecule has 2 heterocycles. The van der Waals surface area contributed by atoms with Gasteiger partial charge in [0.15, 0.2) is 5.78 Å². The molecule has 0 aliphatic carbocycles. The molecule has 2 rings (SSSR count). The van der Waals surface area contributed by atoms with E-state index in [4.69, 9.17) is 0 Å². The number of hydrogen-bond donors (Lipinski definition) is 0. The van der Waals surface area contributed by atoms with Crippen molar-refractivity contribution < 1.29 is 4.79 Å². The molecular formula is C12H17NOS2. The highest BCUT2D eigenvalue weighted by Gasteiger charge is 2.24. The van der Waals surface area contributed by atoms with Crippen molar-refractivity contribution in [3.63, 3.8) is 0 Å².